The van der Waals surface area contributed by atoms with E-state index in [1.807, 2.05) is 6.92 Å². The summed E-state index contributed by atoms with van der Waals surface area (Å²) >= 11 is 1.57. The number of amides is 1. The maximum absolute atomic E-state index is 12.6. The van der Waals surface area contributed by atoms with Crippen molar-refractivity contribution in [2.75, 3.05) is 13.6 Å². The fraction of sp³-hybridized carbons (Fsp3) is 0.375. The normalized spacial score (nSPS) is 18.8. The number of hydrogen-bond acceptors (Lipinski definition) is 5. The van der Waals surface area contributed by atoms with Crippen molar-refractivity contribution in [3.05, 3.63) is 45.9 Å². The smallest absolute Gasteiger partial charge is 0.241 e. The van der Waals surface area contributed by atoms with E-state index in [1.165, 1.54) is 0 Å². The first-order chi connectivity index (χ1) is 11.4. The van der Waals surface area contributed by atoms with Crippen LogP contribution in [-0.2, 0) is 27.7 Å². The second kappa shape index (κ2) is 6.62. The van der Waals surface area contributed by atoms with Crippen LogP contribution in [0.4, 0.5) is 0 Å². The van der Waals surface area contributed by atoms with Gasteiger partial charge in [-0.1, -0.05) is 18.2 Å². The molecule has 1 unspecified atom stereocenters. The number of hydrogen-bond donors (Lipinski definition) is 1. The molecule has 6 nitrogen and oxygen atoms in total. The van der Waals surface area contributed by atoms with Crippen LogP contribution in [0.15, 0.2) is 34.7 Å². The summed E-state index contributed by atoms with van der Waals surface area (Å²) in [6.07, 6.45) is 1.09. The van der Waals surface area contributed by atoms with E-state index in [1.54, 1.807) is 53.1 Å². The molecule has 0 spiro atoms. The zero-order valence-electron chi connectivity index (χ0n) is 13.5. The van der Waals surface area contributed by atoms with Gasteiger partial charge >= 0.3 is 0 Å². The van der Waals surface area contributed by atoms with Gasteiger partial charge in [-0.3, -0.25) is 4.79 Å². The number of aryl methyl sites for hydroxylation is 1. The van der Waals surface area contributed by atoms with Gasteiger partial charge in [0.05, 0.1) is 16.1 Å². The van der Waals surface area contributed by atoms with Crippen molar-refractivity contribution >= 4 is 27.3 Å². The molecule has 128 valence electrons. The van der Waals surface area contributed by atoms with Crippen LogP contribution in [0.3, 0.4) is 0 Å². The molecule has 3 rings (SSSR count). The zero-order valence-corrected chi connectivity index (χ0v) is 15.2. The first-order valence-corrected chi connectivity index (χ1v) is 9.99. The lowest BCUT2D eigenvalue weighted by molar-refractivity contribution is -0.131. The van der Waals surface area contributed by atoms with Crippen LogP contribution in [0.5, 0.6) is 0 Å². The summed E-state index contributed by atoms with van der Waals surface area (Å²) in [5.74, 6) is -0.213. The van der Waals surface area contributed by atoms with Crippen molar-refractivity contribution in [2.24, 2.45) is 0 Å². The summed E-state index contributed by atoms with van der Waals surface area (Å²) in [4.78, 5) is 19.8. The number of benzene rings is 1. The van der Waals surface area contributed by atoms with Crippen LogP contribution in [-0.4, -0.2) is 43.8 Å². The number of carbonyl (C=O) groups excluding carboxylic acids is 1. The third kappa shape index (κ3) is 3.35. The van der Waals surface area contributed by atoms with E-state index in [2.05, 4.69) is 9.71 Å². The highest BCUT2D eigenvalue weighted by Gasteiger charge is 2.34. The number of nitrogens with zero attached hydrogens (tertiary/aromatic N) is 2. The number of carbonyl (C=O) groups is 1. The molecule has 1 atom stereocenters. The molecule has 1 aliphatic rings. The molecule has 2 aromatic rings. The summed E-state index contributed by atoms with van der Waals surface area (Å²) in [5.41, 5.74) is 3.45. The highest BCUT2D eigenvalue weighted by atomic mass is 32.2. The second-order valence-corrected chi connectivity index (χ2v) is 8.48. The molecule has 0 fully saturated rings. The number of rotatable bonds is 4. The van der Waals surface area contributed by atoms with E-state index in [0.717, 1.165) is 17.0 Å². The first kappa shape index (κ1) is 17.1. The minimum absolute atomic E-state index is 0.213. The highest BCUT2D eigenvalue weighted by Crippen LogP contribution is 2.23. The monoisotopic (exact) mass is 365 g/mol. The molecule has 0 saturated carbocycles. The fourth-order valence-electron chi connectivity index (χ4n) is 2.80. The van der Waals surface area contributed by atoms with Crippen molar-refractivity contribution in [2.45, 2.75) is 30.7 Å². The molecule has 1 amide bonds. The van der Waals surface area contributed by atoms with Crippen molar-refractivity contribution in [1.29, 1.82) is 0 Å². The van der Waals surface area contributed by atoms with Gasteiger partial charge in [0.25, 0.3) is 0 Å². The Bertz CT molecular complexity index is 861. The van der Waals surface area contributed by atoms with Crippen LogP contribution >= 0.6 is 11.3 Å². The third-order valence-corrected chi connectivity index (χ3v) is 6.74. The summed E-state index contributed by atoms with van der Waals surface area (Å²) in [6.45, 7) is 2.47. The summed E-state index contributed by atoms with van der Waals surface area (Å²) in [7, 11) is -1.94. The van der Waals surface area contributed by atoms with Crippen LogP contribution in [0.1, 0.15) is 16.1 Å². The molecular formula is C16H19N3O3S2. The second-order valence-electron chi connectivity index (χ2n) is 5.86. The summed E-state index contributed by atoms with van der Waals surface area (Å²) < 4.78 is 27.1. The van der Waals surface area contributed by atoms with Crippen LogP contribution < -0.4 is 4.72 Å². The molecule has 1 N–H and O–H groups in total. The zero-order chi connectivity index (χ0) is 17.3. The number of thiazole rings is 1. The highest BCUT2D eigenvalue weighted by molar-refractivity contribution is 7.89. The Morgan fingerprint density at radius 1 is 1.42 bits per heavy atom. The minimum atomic E-state index is -3.64. The average Bonchev–Trinajstić information content (AvgIpc) is 2.96. The quantitative estimate of drug-likeness (QED) is 0.887. The molecule has 1 aliphatic heterocycles. The predicted molar refractivity (Wildman–Crippen MR) is 92.4 cm³/mol. The number of aromatic nitrogens is 1. The Morgan fingerprint density at radius 3 is 2.88 bits per heavy atom. The topological polar surface area (TPSA) is 79.4 Å². The average molecular weight is 365 g/mol. The van der Waals surface area contributed by atoms with Gasteiger partial charge in [0.2, 0.25) is 15.9 Å². The Labute approximate surface area is 145 Å². The molecule has 0 saturated heterocycles. The Hall–Kier alpha value is -1.77. The summed E-state index contributed by atoms with van der Waals surface area (Å²) in [6, 6.07) is 6.04. The fourth-order valence-corrected chi connectivity index (χ4v) is 5.01. The molecule has 0 bridgehead atoms. The SMILES string of the molecule is Cc1ncsc1CCN(C)C(=O)C1Cc2ccccc2S(=O)(=O)N1. The molecule has 0 radical (unpaired) electrons. The molecule has 24 heavy (non-hydrogen) atoms. The largest absolute Gasteiger partial charge is 0.344 e. The van der Waals surface area contributed by atoms with Crippen molar-refractivity contribution in [3.8, 4) is 0 Å². The van der Waals surface area contributed by atoms with E-state index in [9.17, 15) is 13.2 Å². The number of sulfonamides is 1. The Balaban J connectivity index is 1.70. The van der Waals surface area contributed by atoms with E-state index < -0.39 is 16.1 Å². The predicted octanol–water partition coefficient (Wildman–Crippen LogP) is 1.36. The molecule has 1 aromatic carbocycles. The van der Waals surface area contributed by atoms with E-state index in [0.29, 0.717) is 18.5 Å². The van der Waals surface area contributed by atoms with Crippen molar-refractivity contribution in [3.63, 3.8) is 0 Å². The lowest BCUT2D eigenvalue weighted by Gasteiger charge is -2.28. The lowest BCUT2D eigenvalue weighted by atomic mass is 10.1. The molecule has 0 aliphatic carbocycles. The van der Waals surface area contributed by atoms with Crippen LogP contribution in [0, 0.1) is 6.92 Å². The number of fused-ring (bicyclic) bond motifs is 1. The lowest BCUT2D eigenvalue weighted by Crippen LogP contribution is -2.51. The molecule has 8 heteroatoms. The van der Waals surface area contributed by atoms with E-state index >= 15 is 0 Å². The number of nitrogens with one attached hydrogen (secondary N) is 1. The van der Waals surface area contributed by atoms with E-state index in [4.69, 9.17) is 0 Å². The maximum Gasteiger partial charge on any atom is 0.241 e. The van der Waals surface area contributed by atoms with E-state index in [-0.39, 0.29) is 10.8 Å². The van der Waals surface area contributed by atoms with Gasteiger partial charge < -0.3 is 4.90 Å². The molecule has 2 heterocycles. The van der Waals surface area contributed by atoms with Crippen molar-refractivity contribution in [1.82, 2.24) is 14.6 Å². The van der Waals surface area contributed by atoms with Gasteiger partial charge in [0, 0.05) is 24.9 Å². The van der Waals surface area contributed by atoms with Crippen molar-refractivity contribution < 1.29 is 13.2 Å². The maximum atomic E-state index is 12.6. The van der Waals surface area contributed by atoms with Gasteiger partial charge in [-0.05, 0) is 25.0 Å². The van der Waals surface area contributed by atoms with Gasteiger partial charge in [0.1, 0.15) is 6.04 Å². The van der Waals surface area contributed by atoms with Gasteiger partial charge in [-0.15, -0.1) is 11.3 Å². The Morgan fingerprint density at radius 2 is 2.17 bits per heavy atom. The standard InChI is InChI=1S/C16H19N3O3S2/c1-11-14(23-10-17-11)7-8-19(2)16(20)13-9-12-5-3-4-6-15(12)24(21,22)18-13/h3-6,10,13,18H,7-9H2,1-2H3. The van der Waals surface area contributed by atoms with Crippen LogP contribution in [0.25, 0.3) is 0 Å². The first-order valence-electron chi connectivity index (χ1n) is 7.62. The van der Waals surface area contributed by atoms with Gasteiger partial charge in [0.15, 0.2) is 0 Å². The number of likely N-dealkylation sites (N-methyl/N-ethyl adjacent to an activating group) is 1. The Kier molecular flexibility index (Phi) is 4.71. The minimum Gasteiger partial charge on any atom is -0.344 e. The third-order valence-electron chi connectivity index (χ3n) is 4.18. The summed E-state index contributed by atoms with van der Waals surface area (Å²) in [5, 5.41) is 0. The molecule has 1 aromatic heterocycles. The van der Waals surface area contributed by atoms with Gasteiger partial charge in [-0.2, -0.15) is 4.72 Å². The van der Waals surface area contributed by atoms with Gasteiger partial charge in [-0.25, -0.2) is 13.4 Å². The molecular weight excluding hydrogens is 346 g/mol. The van der Waals surface area contributed by atoms with Crippen LogP contribution in [0.2, 0.25) is 0 Å².